The number of aliphatic hydroxyl groups is 1. The van der Waals surface area contributed by atoms with E-state index in [4.69, 9.17) is 14.8 Å². The van der Waals surface area contributed by atoms with Crippen molar-refractivity contribution in [3.63, 3.8) is 0 Å². The highest BCUT2D eigenvalue weighted by molar-refractivity contribution is 5.91. The van der Waals surface area contributed by atoms with Crippen LogP contribution >= 0.6 is 0 Å². The number of benzene rings is 3. The minimum Gasteiger partial charge on any atom is -0.492 e. The lowest BCUT2D eigenvalue weighted by molar-refractivity contribution is 0.127. The van der Waals surface area contributed by atoms with Crippen molar-refractivity contribution in [2.24, 2.45) is 0 Å². The molecule has 46 heavy (non-hydrogen) atoms. The highest BCUT2D eigenvalue weighted by Gasteiger charge is 2.22. The summed E-state index contributed by atoms with van der Waals surface area (Å²) in [6.07, 6.45) is 0. The van der Waals surface area contributed by atoms with Gasteiger partial charge in [-0.3, -0.25) is 9.80 Å². The molecule has 2 amide bonds. The Morgan fingerprint density at radius 2 is 1.54 bits per heavy atom. The molecular weight excluding hydrogens is 578 g/mol. The van der Waals surface area contributed by atoms with Gasteiger partial charge in [-0.15, -0.1) is 0 Å². The highest BCUT2D eigenvalue weighted by Crippen LogP contribution is 2.30. The molecule has 2 saturated heterocycles. The Morgan fingerprint density at radius 1 is 0.870 bits per heavy atom. The monoisotopic (exact) mass is 625 g/mol. The predicted molar refractivity (Wildman–Crippen MR) is 185 cm³/mol. The third-order valence-corrected chi connectivity index (χ3v) is 9.09. The second-order valence-electron chi connectivity index (χ2n) is 13.3. The molecule has 0 atom stereocenters. The van der Waals surface area contributed by atoms with Gasteiger partial charge in [-0.2, -0.15) is 0 Å². The summed E-state index contributed by atoms with van der Waals surface area (Å²) in [4.78, 5) is 30.1. The second kappa shape index (κ2) is 14.1. The quantitative estimate of drug-likeness (QED) is 0.244. The third-order valence-electron chi connectivity index (χ3n) is 9.09. The molecule has 3 heterocycles. The lowest BCUT2D eigenvalue weighted by Gasteiger charge is -2.36. The van der Waals surface area contributed by atoms with Gasteiger partial charge in [-0.25, -0.2) is 9.78 Å². The number of rotatable bonds is 9. The normalized spacial score (nSPS) is 16.6. The molecular formula is C36H47N7O3. The van der Waals surface area contributed by atoms with Gasteiger partial charge in [0, 0.05) is 76.7 Å². The minimum atomic E-state index is -0.0914. The number of imidazole rings is 1. The number of carbonyl (C=O) groups is 1. The van der Waals surface area contributed by atoms with E-state index in [-0.39, 0.29) is 18.1 Å². The van der Waals surface area contributed by atoms with Crippen LogP contribution in [-0.2, 0) is 5.41 Å². The van der Waals surface area contributed by atoms with Crippen molar-refractivity contribution in [1.82, 2.24) is 24.7 Å². The van der Waals surface area contributed by atoms with E-state index < -0.39 is 0 Å². The van der Waals surface area contributed by atoms with Gasteiger partial charge in [0.15, 0.2) is 0 Å². The molecule has 2 aliphatic heterocycles. The van der Waals surface area contributed by atoms with Crippen molar-refractivity contribution in [1.29, 1.82) is 0 Å². The number of urea groups is 1. The lowest BCUT2D eigenvalue weighted by atomic mass is 9.87. The Morgan fingerprint density at radius 3 is 2.22 bits per heavy atom. The smallest absolute Gasteiger partial charge is 0.321 e. The SMILES string of the molecule is CC(C)(C)c1ccc(-c2nc3c(N4CCN(CCOc5ccc(NC(=O)N6CCN(CCO)CC6)cc5)CC4)cccc3[nH]2)cc1. The standard InChI is InChI=1S/C36H47N7O3/c1-36(2,3)28-9-7-27(8-10-28)34-38-31-5-4-6-32(33(31)39-34)42-19-15-41(16-20-42)24-26-46-30-13-11-29(12-14-30)37-35(45)43-21-17-40(18-22-43)23-25-44/h4-14,44H,15-26H2,1-3H3,(H,37,45)(H,38,39). The number of nitrogens with zero attached hydrogens (tertiary/aromatic N) is 5. The van der Waals surface area contributed by atoms with Crippen LogP contribution in [0, 0.1) is 0 Å². The maximum atomic E-state index is 12.6. The fourth-order valence-corrected chi connectivity index (χ4v) is 6.19. The van der Waals surface area contributed by atoms with Crippen molar-refractivity contribution < 1.29 is 14.6 Å². The molecule has 0 saturated carbocycles. The molecule has 4 aromatic rings. The van der Waals surface area contributed by atoms with Crippen LogP contribution in [0.4, 0.5) is 16.2 Å². The summed E-state index contributed by atoms with van der Waals surface area (Å²) in [6.45, 7) is 15.7. The van der Waals surface area contributed by atoms with Crippen molar-refractivity contribution in [2.75, 3.05) is 88.9 Å². The number of aromatic nitrogens is 2. The molecule has 3 aromatic carbocycles. The van der Waals surface area contributed by atoms with Crippen LogP contribution in [0.3, 0.4) is 0 Å². The van der Waals surface area contributed by atoms with Gasteiger partial charge in [0.1, 0.15) is 23.7 Å². The molecule has 0 radical (unpaired) electrons. The van der Waals surface area contributed by atoms with Crippen LogP contribution in [-0.4, -0.2) is 114 Å². The van der Waals surface area contributed by atoms with Gasteiger partial charge < -0.3 is 29.9 Å². The first-order valence-corrected chi connectivity index (χ1v) is 16.5. The zero-order chi connectivity index (χ0) is 32.1. The Bertz CT molecular complexity index is 1580. The number of fused-ring (bicyclic) bond motifs is 1. The molecule has 1 aromatic heterocycles. The average Bonchev–Trinajstić information content (AvgIpc) is 3.51. The molecule has 10 heteroatoms. The number of carbonyl (C=O) groups excluding carboxylic acids is 1. The van der Waals surface area contributed by atoms with Crippen LogP contribution in [0.5, 0.6) is 5.75 Å². The number of nitrogens with one attached hydrogen (secondary N) is 2. The molecule has 0 unspecified atom stereocenters. The summed E-state index contributed by atoms with van der Waals surface area (Å²) in [5.74, 6) is 1.70. The van der Waals surface area contributed by atoms with Gasteiger partial charge in [0.25, 0.3) is 0 Å². The molecule has 0 bridgehead atoms. The summed E-state index contributed by atoms with van der Waals surface area (Å²) >= 11 is 0. The van der Waals surface area contributed by atoms with Crippen molar-refractivity contribution in [2.45, 2.75) is 26.2 Å². The molecule has 244 valence electrons. The van der Waals surface area contributed by atoms with Gasteiger partial charge >= 0.3 is 6.03 Å². The van der Waals surface area contributed by atoms with Crippen LogP contribution in [0.2, 0.25) is 0 Å². The van der Waals surface area contributed by atoms with E-state index in [0.29, 0.717) is 26.2 Å². The highest BCUT2D eigenvalue weighted by atomic mass is 16.5. The number of hydrogen-bond donors (Lipinski definition) is 3. The molecule has 0 spiro atoms. The first kappa shape index (κ1) is 31.8. The maximum absolute atomic E-state index is 12.6. The fraction of sp³-hybridized carbons (Fsp3) is 0.444. The number of piperazine rings is 2. The fourth-order valence-electron chi connectivity index (χ4n) is 6.19. The number of aliphatic hydroxyl groups excluding tert-OH is 1. The summed E-state index contributed by atoms with van der Waals surface area (Å²) in [5.41, 5.74) is 6.56. The topological polar surface area (TPSA) is 100 Å². The third kappa shape index (κ3) is 7.63. The van der Waals surface area contributed by atoms with E-state index in [1.54, 1.807) is 0 Å². The first-order valence-electron chi connectivity index (χ1n) is 16.5. The molecule has 3 N–H and O–H groups in total. The Hall–Kier alpha value is -4.12. The van der Waals surface area contributed by atoms with Gasteiger partial charge in [-0.1, -0.05) is 51.1 Å². The van der Waals surface area contributed by atoms with Gasteiger partial charge in [0.05, 0.1) is 17.8 Å². The van der Waals surface area contributed by atoms with E-state index in [9.17, 15) is 4.79 Å². The maximum Gasteiger partial charge on any atom is 0.321 e. The largest absolute Gasteiger partial charge is 0.492 e. The number of amides is 2. The summed E-state index contributed by atoms with van der Waals surface area (Å²) in [7, 11) is 0. The summed E-state index contributed by atoms with van der Waals surface area (Å²) in [6, 6.07) is 22.6. The number of ether oxygens (including phenoxy) is 1. The predicted octanol–water partition coefficient (Wildman–Crippen LogP) is 4.87. The number of para-hydroxylation sites is 1. The Labute approximate surface area is 272 Å². The average molecular weight is 626 g/mol. The number of β-amino-alcohol motifs (C(OH)–C–C–N with tert-alkyl or cyclic N) is 1. The van der Waals surface area contributed by atoms with Crippen LogP contribution in [0.1, 0.15) is 26.3 Å². The van der Waals surface area contributed by atoms with E-state index in [1.807, 2.05) is 29.2 Å². The number of anilines is 2. The zero-order valence-electron chi connectivity index (χ0n) is 27.3. The minimum absolute atomic E-state index is 0.0914. The van der Waals surface area contributed by atoms with Crippen LogP contribution < -0.4 is 15.0 Å². The molecule has 2 fully saturated rings. The Balaban J connectivity index is 0.958. The van der Waals surface area contributed by atoms with E-state index in [1.165, 1.54) is 11.3 Å². The van der Waals surface area contributed by atoms with E-state index in [0.717, 1.165) is 79.7 Å². The Kier molecular flexibility index (Phi) is 9.77. The van der Waals surface area contributed by atoms with E-state index >= 15 is 0 Å². The zero-order valence-corrected chi connectivity index (χ0v) is 27.3. The van der Waals surface area contributed by atoms with Crippen LogP contribution in [0.15, 0.2) is 66.7 Å². The number of H-pyrrole nitrogens is 1. The van der Waals surface area contributed by atoms with Crippen molar-refractivity contribution in [3.05, 3.63) is 72.3 Å². The molecule has 6 rings (SSSR count). The molecule has 10 nitrogen and oxygen atoms in total. The first-order chi connectivity index (χ1) is 22.3. The van der Waals surface area contributed by atoms with Gasteiger partial charge in [0.2, 0.25) is 0 Å². The summed E-state index contributed by atoms with van der Waals surface area (Å²) in [5, 5.41) is 12.1. The molecule has 0 aliphatic carbocycles. The number of hydrogen-bond acceptors (Lipinski definition) is 7. The summed E-state index contributed by atoms with van der Waals surface area (Å²) < 4.78 is 6.04. The van der Waals surface area contributed by atoms with Crippen molar-refractivity contribution >= 4 is 28.4 Å². The molecule has 2 aliphatic rings. The lowest BCUT2D eigenvalue weighted by Crippen LogP contribution is -2.50. The van der Waals surface area contributed by atoms with Gasteiger partial charge in [-0.05, 0) is 47.4 Å². The number of aromatic amines is 1. The second-order valence-corrected chi connectivity index (χ2v) is 13.3. The van der Waals surface area contributed by atoms with Crippen LogP contribution in [0.25, 0.3) is 22.4 Å². The van der Waals surface area contributed by atoms with E-state index in [2.05, 4.69) is 88.2 Å². The van der Waals surface area contributed by atoms with Crippen molar-refractivity contribution in [3.8, 4) is 17.1 Å².